The number of nitrogens with zero attached hydrogens (tertiary/aromatic N) is 1. The summed E-state index contributed by atoms with van der Waals surface area (Å²) in [6.07, 6.45) is 0. The second-order valence-electron chi connectivity index (χ2n) is 4.20. The Balaban J connectivity index is 2.22. The third kappa shape index (κ3) is 3.45. The Bertz CT molecular complexity index is 687. The Hall–Kier alpha value is -2.24. The van der Waals surface area contributed by atoms with Crippen molar-refractivity contribution in [2.45, 2.75) is 0 Å². The van der Waals surface area contributed by atoms with Crippen molar-refractivity contribution in [2.24, 2.45) is 5.73 Å². The van der Waals surface area contributed by atoms with E-state index < -0.39 is 5.91 Å². The summed E-state index contributed by atoms with van der Waals surface area (Å²) in [5.74, 6) is -0.658. The first kappa shape index (κ1) is 15.2. The number of rotatable bonds is 3. The van der Waals surface area contributed by atoms with Gasteiger partial charge in [-0.3, -0.25) is 9.59 Å². The molecule has 2 aromatic rings. The molecule has 0 aliphatic carbocycles. The highest BCUT2D eigenvalue weighted by Crippen LogP contribution is 2.13. The highest BCUT2D eigenvalue weighted by molar-refractivity contribution is 7.80. The van der Waals surface area contributed by atoms with Gasteiger partial charge in [-0.15, -0.1) is 0 Å². The largest absolute Gasteiger partial charge is 0.375 e. The van der Waals surface area contributed by atoms with E-state index in [2.05, 4.69) is 12.2 Å². The van der Waals surface area contributed by atoms with Crippen molar-refractivity contribution in [3.8, 4) is 0 Å². The molecule has 0 aliphatic heterocycles. The number of thiocarbonyl (C=S) groups is 1. The molecule has 21 heavy (non-hydrogen) atoms. The van der Waals surface area contributed by atoms with Crippen LogP contribution in [0, 0.1) is 0 Å². The van der Waals surface area contributed by atoms with Crippen molar-refractivity contribution in [1.82, 2.24) is 4.42 Å². The maximum absolute atomic E-state index is 12.2. The predicted molar refractivity (Wildman–Crippen MR) is 85.1 cm³/mol. The second-order valence-corrected chi connectivity index (χ2v) is 4.95. The number of hydrogen-bond donors (Lipinski definition) is 1. The summed E-state index contributed by atoms with van der Waals surface area (Å²) >= 11 is 10.3. The molecule has 2 rings (SSSR count). The zero-order valence-electron chi connectivity index (χ0n) is 10.8. The van der Waals surface area contributed by atoms with Crippen LogP contribution in [-0.4, -0.2) is 21.2 Å². The van der Waals surface area contributed by atoms with Crippen LogP contribution >= 0.6 is 24.0 Å². The first-order valence-electron chi connectivity index (χ1n) is 6.00. The van der Waals surface area contributed by atoms with E-state index in [-0.39, 0.29) is 10.9 Å². The molecule has 0 heterocycles. The van der Waals surface area contributed by atoms with E-state index in [4.69, 9.17) is 17.5 Å². The number of carbonyl (C=O) groups excluding carboxylic acids is 2. The number of carbonyl (C=O) groups is 2. The van der Waals surface area contributed by atoms with E-state index in [1.807, 2.05) is 6.07 Å². The first-order valence-corrected chi connectivity index (χ1v) is 6.75. The highest BCUT2D eigenvalue weighted by Gasteiger charge is 2.17. The summed E-state index contributed by atoms with van der Waals surface area (Å²) in [7, 11) is 0. The van der Waals surface area contributed by atoms with Crippen LogP contribution in [-0.2, 0) is 0 Å². The standard InChI is InChI=1S/C15H11ClN2O2S/c16-18(15(17)21)14(20)12-8-6-11(7-9-12)13(19)10-4-2-1-3-5-10/h1-9H,(H2,17,21). The van der Waals surface area contributed by atoms with Crippen molar-refractivity contribution >= 4 is 40.8 Å². The Morgan fingerprint density at radius 1 is 0.905 bits per heavy atom. The molecule has 0 aromatic heterocycles. The first-order chi connectivity index (χ1) is 10.0. The fraction of sp³-hybridized carbons (Fsp3) is 0. The van der Waals surface area contributed by atoms with E-state index in [1.165, 1.54) is 12.1 Å². The minimum absolute atomic E-state index is 0.119. The second kappa shape index (κ2) is 6.47. The SMILES string of the molecule is NC(=S)N(Cl)C(=O)c1ccc(C(=O)c2ccccc2)cc1. The summed E-state index contributed by atoms with van der Waals surface area (Å²) < 4.78 is 0.656. The Kier molecular flexibility index (Phi) is 4.67. The highest BCUT2D eigenvalue weighted by atomic mass is 35.5. The van der Waals surface area contributed by atoms with Gasteiger partial charge in [0, 0.05) is 28.5 Å². The van der Waals surface area contributed by atoms with Crippen molar-refractivity contribution in [3.05, 3.63) is 71.3 Å². The van der Waals surface area contributed by atoms with Gasteiger partial charge < -0.3 is 5.73 Å². The number of benzene rings is 2. The van der Waals surface area contributed by atoms with Gasteiger partial charge in [-0.25, -0.2) is 0 Å². The van der Waals surface area contributed by atoms with Crippen LogP contribution < -0.4 is 5.73 Å². The topological polar surface area (TPSA) is 63.4 Å². The van der Waals surface area contributed by atoms with Gasteiger partial charge in [-0.05, 0) is 24.4 Å². The Morgan fingerprint density at radius 3 is 1.90 bits per heavy atom. The normalized spacial score (nSPS) is 9.95. The number of amides is 1. The molecule has 0 radical (unpaired) electrons. The van der Waals surface area contributed by atoms with E-state index >= 15 is 0 Å². The summed E-state index contributed by atoms with van der Waals surface area (Å²) in [5.41, 5.74) is 6.64. The Labute approximate surface area is 132 Å². The van der Waals surface area contributed by atoms with Gasteiger partial charge in [-0.1, -0.05) is 42.5 Å². The maximum Gasteiger partial charge on any atom is 0.274 e. The van der Waals surface area contributed by atoms with Gasteiger partial charge >= 0.3 is 0 Å². The summed E-state index contributed by atoms with van der Waals surface area (Å²) in [6.45, 7) is 0. The van der Waals surface area contributed by atoms with Crippen molar-refractivity contribution < 1.29 is 9.59 Å². The minimum Gasteiger partial charge on any atom is -0.375 e. The molecule has 1 amide bonds. The van der Waals surface area contributed by atoms with E-state index in [1.54, 1.807) is 36.4 Å². The lowest BCUT2D eigenvalue weighted by Crippen LogP contribution is -2.32. The molecule has 0 saturated heterocycles. The van der Waals surface area contributed by atoms with Crippen molar-refractivity contribution in [3.63, 3.8) is 0 Å². The number of nitrogens with two attached hydrogens (primary N) is 1. The summed E-state index contributed by atoms with van der Waals surface area (Å²) in [5, 5.41) is -0.230. The van der Waals surface area contributed by atoms with Gasteiger partial charge in [0.15, 0.2) is 10.9 Å². The quantitative estimate of drug-likeness (QED) is 0.537. The fourth-order valence-corrected chi connectivity index (χ4v) is 1.91. The monoisotopic (exact) mass is 318 g/mol. The summed E-state index contributed by atoms with van der Waals surface area (Å²) in [4.78, 5) is 24.1. The molecular weight excluding hydrogens is 308 g/mol. The molecule has 6 heteroatoms. The molecule has 4 nitrogen and oxygen atoms in total. The fourth-order valence-electron chi connectivity index (χ4n) is 1.73. The molecule has 0 fully saturated rings. The lowest BCUT2D eigenvalue weighted by molar-refractivity contribution is 0.0914. The van der Waals surface area contributed by atoms with Crippen LogP contribution in [0.15, 0.2) is 54.6 Å². The molecule has 0 spiro atoms. The third-order valence-corrected chi connectivity index (χ3v) is 3.42. The molecule has 2 aromatic carbocycles. The smallest absolute Gasteiger partial charge is 0.274 e. The van der Waals surface area contributed by atoms with Gasteiger partial charge in [-0.2, -0.15) is 4.42 Å². The van der Waals surface area contributed by atoms with Crippen LogP contribution in [0.3, 0.4) is 0 Å². The van der Waals surface area contributed by atoms with Gasteiger partial charge in [0.1, 0.15) is 0 Å². The maximum atomic E-state index is 12.2. The lowest BCUT2D eigenvalue weighted by Gasteiger charge is -2.11. The third-order valence-electron chi connectivity index (χ3n) is 2.80. The van der Waals surface area contributed by atoms with Gasteiger partial charge in [0.25, 0.3) is 5.91 Å². The van der Waals surface area contributed by atoms with E-state index in [9.17, 15) is 9.59 Å². The van der Waals surface area contributed by atoms with Gasteiger partial charge in [0.2, 0.25) is 0 Å². The van der Waals surface area contributed by atoms with Crippen LogP contribution in [0.1, 0.15) is 26.3 Å². The van der Waals surface area contributed by atoms with Crippen LogP contribution in [0.2, 0.25) is 0 Å². The van der Waals surface area contributed by atoms with E-state index in [0.717, 1.165) is 0 Å². The average molecular weight is 319 g/mol. The molecule has 0 unspecified atom stereocenters. The number of halogens is 1. The average Bonchev–Trinajstić information content (AvgIpc) is 2.53. The van der Waals surface area contributed by atoms with Crippen LogP contribution in [0.4, 0.5) is 0 Å². The van der Waals surface area contributed by atoms with E-state index in [0.29, 0.717) is 21.1 Å². The number of hydrogen-bond acceptors (Lipinski definition) is 3. The zero-order chi connectivity index (χ0) is 15.4. The molecule has 0 aliphatic rings. The molecule has 2 N–H and O–H groups in total. The van der Waals surface area contributed by atoms with Gasteiger partial charge in [0.05, 0.1) is 0 Å². The van der Waals surface area contributed by atoms with Crippen molar-refractivity contribution in [2.75, 3.05) is 0 Å². The minimum atomic E-state index is -0.539. The molecule has 0 bridgehead atoms. The van der Waals surface area contributed by atoms with Crippen LogP contribution in [0.5, 0.6) is 0 Å². The Morgan fingerprint density at radius 2 is 1.38 bits per heavy atom. The molecular formula is C15H11ClN2O2S. The summed E-state index contributed by atoms with van der Waals surface area (Å²) in [6, 6.07) is 15.0. The number of ketones is 1. The zero-order valence-corrected chi connectivity index (χ0v) is 12.4. The van der Waals surface area contributed by atoms with Crippen LogP contribution in [0.25, 0.3) is 0 Å². The molecule has 0 saturated carbocycles. The molecule has 106 valence electrons. The lowest BCUT2D eigenvalue weighted by atomic mass is 10.0. The molecule has 0 atom stereocenters. The predicted octanol–water partition coefficient (Wildman–Crippen LogP) is 2.76. The van der Waals surface area contributed by atoms with Crippen molar-refractivity contribution in [1.29, 1.82) is 0 Å².